The third kappa shape index (κ3) is 3.87. The van der Waals surface area contributed by atoms with Crippen LogP contribution in [0.2, 0.25) is 0 Å². The zero-order chi connectivity index (χ0) is 13.7. The van der Waals surface area contributed by atoms with Gasteiger partial charge in [-0.05, 0) is 20.3 Å². The fraction of sp³-hybridized carbons (Fsp3) is 0.714. The highest BCUT2D eigenvalue weighted by Gasteiger charge is 2.14. The Labute approximate surface area is 115 Å². The molecule has 1 N–H and O–H groups in total. The Hall–Kier alpha value is -0.770. The van der Waals surface area contributed by atoms with Gasteiger partial charge in [0.05, 0.1) is 0 Å². The number of aromatic nitrogens is 2. The zero-order valence-electron chi connectivity index (χ0n) is 12.4. The van der Waals surface area contributed by atoms with Crippen molar-refractivity contribution in [1.29, 1.82) is 0 Å². The summed E-state index contributed by atoms with van der Waals surface area (Å²) in [5, 5.41) is 5.05. The summed E-state index contributed by atoms with van der Waals surface area (Å²) in [5.74, 6) is 2.28. The fourth-order valence-corrected chi connectivity index (χ4v) is 2.47. The number of hydrogen-bond acceptors (Lipinski definition) is 4. The van der Waals surface area contributed by atoms with Crippen molar-refractivity contribution < 1.29 is 0 Å². The molecule has 1 aromatic rings. The lowest BCUT2D eigenvalue weighted by Crippen LogP contribution is -2.09. The summed E-state index contributed by atoms with van der Waals surface area (Å²) in [6.07, 6.45) is 1.15. The van der Waals surface area contributed by atoms with Crippen LogP contribution in [-0.4, -0.2) is 21.8 Å². The highest BCUT2D eigenvalue weighted by Crippen LogP contribution is 2.30. The molecule has 0 radical (unpaired) electrons. The van der Waals surface area contributed by atoms with Gasteiger partial charge in [-0.1, -0.05) is 27.7 Å². The molecule has 102 valence electrons. The molecule has 4 heteroatoms. The van der Waals surface area contributed by atoms with Crippen molar-refractivity contribution in [2.24, 2.45) is 0 Å². The van der Waals surface area contributed by atoms with Crippen molar-refractivity contribution in [2.45, 2.75) is 64.2 Å². The number of anilines is 1. The molecule has 0 aliphatic carbocycles. The van der Waals surface area contributed by atoms with E-state index in [-0.39, 0.29) is 0 Å². The predicted octanol–water partition coefficient (Wildman–Crippen LogP) is 4.23. The Morgan fingerprint density at radius 2 is 1.83 bits per heavy atom. The summed E-state index contributed by atoms with van der Waals surface area (Å²) >= 11 is 1.85. The van der Waals surface area contributed by atoms with Gasteiger partial charge in [0.15, 0.2) is 0 Å². The van der Waals surface area contributed by atoms with Crippen molar-refractivity contribution in [3.05, 3.63) is 11.4 Å². The van der Waals surface area contributed by atoms with E-state index in [1.165, 1.54) is 5.56 Å². The summed E-state index contributed by atoms with van der Waals surface area (Å²) in [5.41, 5.74) is 1.17. The van der Waals surface area contributed by atoms with Crippen LogP contribution in [0.5, 0.6) is 0 Å². The molecule has 1 heterocycles. The third-order valence-electron chi connectivity index (χ3n) is 2.87. The molecule has 18 heavy (non-hydrogen) atoms. The summed E-state index contributed by atoms with van der Waals surface area (Å²) in [6, 6.07) is 0. The Kier molecular flexibility index (Phi) is 5.93. The molecule has 3 nitrogen and oxygen atoms in total. The highest BCUT2D eigenvalue weighted by molar-refractivity contribution is 7.99. The SMILES string of the molecule is CCNc1nc(C(C)C)nc(SC(C)CC)c1C. The van der Waals surface area contributed by atoms with E-state index in [2.05, 4.69) is 51.8 Å². The van der Waals surface area contributed by atoms with Crippen molar-refractivity contribution in [3.8, 4) is 0 Å². The second-order valence-corrected chi connectivity index (χ2v) is 6.31. The molecule has 1 rings (SSSR count). The van der Waals surface area contributed by atoms with Gasteiger partial charge in [0.1, 0.15) is 16.7 Å². The lowest BCUT2D eigenvalue weighted by Gasteiger charge is -2.16. The first-order valence-corrected chi connectivity index (χ1v) is 7.66. The Balaban J connectivity index is 3.13. The first-order chi connectivity index (χ1) is 8.49. The number of rotatable bonds is 6. The van der Waals surface area contributed by atoms with Gasteiger partial charge in [0.25, 0.3) is 0 Å². The molecule has 0 aliphatic heterocycles. The van der Waals surface area contributed by atoms with E-state index in [4.69, 9.17) is 4.98 Å². The van der Waals surface area contributed by atoms with Gasteiger partial charge in [0, 0.05) is 23.3 Å². The smallest absolute Gasteiger partial charge is 0.134 e. The normalized spacial score (nSPS) is 12.8. The molecule has 1 aromatic heterocycles. The minimum atomic E-state index is 0.360. The minimum absolute atomic E-state index is 0.360. The van der Waals surface area contributed by atoms with Crippen LogP contribution in [0, 0.1) is 6.92 Å². The van der Waals surface area contributed by atoms with Crippen LogP contribution in [0.15, 0.2) is 5.03 Å². The monoisotopic (exact) mass is 267 g/mol. The summed E-state index contributed by atoms with van der Waals surface area (Å²) < 4.78 is 0. The van der Waals surface area contributed by atoms with E-state index in [1.54, 1.807) is 0 Å². The Morgan fingerprint density at radius 3 is 2.33 bits per heavy atom. The fourth-order valence-electron chi connectivity index (χ4n) is 1.50. The molecular formula is C14H25N3S. The second-order valence-electron chi connectivity index (χ2n) is 4.88. The number of thioether (sulfide) groups is 1. The van der Waals surface area contributed by atoms with Gasteiger partial charge in [0.2, 0.25) is 0 Å². The van der Waals surface area contributed by atoms with Crippen LogP contribution in [0.4, 0.5) is 5.82 Å². The van der Waals surface area contributed by atoms with Crippen LogP contribution < -0.4 is 5.32 Å². The van der Waals surface area contributed by atoms with Crippen LogP contribution >= 0.6 is 11.8 Å². The van der Waals surface area contributed by atoms with E-state index < -0.39 is 0 Å². The first-order valence-electron chi connectivity index (χ1n) is 6.78. The van der Waals surface area contributed by atoms with Crippen molar-refractivity contribution in [2.75, 3.05) is 11.9 Å². The quantitative estimate of drug-likeness (QED) is 0.618. The zero-order valence-corrected chi connectivity index (χ0v) is 13.2. The largest absolute Gasteiger partial charge is 0.370 e. The van der Waals surface area contributed by atoms with Gasteiger partial charge in [-0.25, -0.2) is 9.97 Å². The first kappa shape index (κ1) is 15.3. The van der Waals surface area contributed by atoms with E-state index >= 15 is 0 Å². The van der Waals surface area contributed by atoms with E-state index in [9.17, 15) is 0 Å². The van der Waals surface area contributed by atoms with Gasteiger partial charge in [-0.3, -0.25) is 0 Å². The van der Waals surface area contributed by atoms with Crippen molar-refractivity contribution >= 4 is 17.6 Å². The van der Waals surface area contributed by atoms with Crippen LogP contribution in [0.3, 0.4) is 0 Å². The summed E-state index contributed by atoms with van der Waals surface area (Å²) in [7, 11) is 0. The maximum atomic E-state index is 4.71. The molecule has 0 aliphatic rings. The standard InChI is InChI=1S/C14H25N3S/c1-7-10(5)18-14-11(6)13(15-8-2)16-12(17-14)9(3)4/h9-10H,7-8H2,1-6H3,(H,15,16,17). The molecule has 1 atom stereocenters. The number of nitrogens with zero attached hydrogens (tertiary/aromatic N) is 2. The average Bonchev–Trinajstić information content (AvgIpc) is 2.33. The molecule has 0 spiro atoms. The van der Waals surface area contributed by atoms with E-state index in [1.807, 2.05) is 11.8 Å². The maximum absolute atomic E-state index is 4.71. The average molecular weight is 267 g/mol. The summed E-state index contributed by atoms with van der Waals surface area (Å²) in [4.78, 5) is 9.33. The number of hydrogen-bond donors (Lipinski definition) is 1. The van der Waals surface area contributed by atoms with E-state index in [0.717, 1.165) is 29.6 Å². The molecule has 0 fully saturated rings. The molecular weight excluding hydrogens is 242 g/mol. The topological polar surface area (TPSA) is 37.8 Å². The van der Waals surface area contributed by atoms with Crippen LogP contribution in [-0.2, 0) is 0 Å². The lowest BCUT2D eigenvalue weighted by atomic mass is 10.2. The van der Waals surface area contributed by atoms with Gasteiger partial charge in [-0.2, -0.15) is 0 Å². The van der Waals surface area contributed by atoms with Crippen LogP contribution in [0.1, 0.15) is 58.3 Å². The lowest BCUT2D eigenvalue weighted by molar-refractivity contribution is 0.747. The minimum Gasteiger partial charge on any atom is -0.370 e. The third-order valence-corrected chi connectivity index (χ3v) is 4.22. The van der Waals surface area contributed by atoms with Gasteiger partial charge >= 0.3 is 0 Å². The van der Waals surface area contributed by atoms with Gasteiger partial charge < -0.3 is 5.32 Å². The van der Waals surface area contributed by atoms with Crippen LogP contribution in [0.25, 0.3) is 0 Å². The Bertz CT molecular complexity index is 391. The van der Waals surface area contributed by atoms with Crippen molar-refractivity contribution in [3.63, 3.8) is 0 Å². The maximum Gasteiger partial charge on any atom is 0.134 e. The second kappa shape index (κ2) is 6.98. The molecule has 0 aromatic carbocycles. The predicted molar refractivity (Wildman–Crippen MR) is 80.6 cm³/mol. The molecule has 0 saturated carbocycles. The molecule has 0 amide bonds. The Morgan fingerprint density at radius 1 is 1.17 bits per heavy atom. The highest BCUT2D eigenvalue weighted by atomic mass is 32.2. The van der Waals surface area contributed by atoms with Gasteiger partial charge in [-0.15, -0.1) is 11.8 Å². The van der Waals surface area contributed by atoms with E-state index in [0.29, 0.717) is 11.2 Å². The molecule has 0 bridgehead atoms. The number of nitrogens with one attached hydrogen (secondary N) is 1. The molecule has 0 saturated heterocycles. The summed E-state index contributed by atoms with van der Waals surface area (Å²) in [6.45, 7) is 13.8. The van der Waals surface area contributed by atoms with Crippen molar-refractivity contribution in [1.82, 2.24) is 9.97 Å². The molecule has 1 unspecified atom stereocenters.